The van der Waals surface area contributed by atoms with Crippen molar-refractivity contribution in [2.24, 2.45) is 4.99 Å². The summed E-state index contributed by atoms with van der Waals surface area (Å²) < 4.78 is 13.4. The van der Waals surface area contributed by atoms with Gasteiger partial charge >= 0.3 is 0 Å². The van der Waals surface area contributed by atoms with Crippen molar-refractivity contribution in [2.75, 3.05) is 0 Å². The number of nitrogens with zero attached hydrogens (tertiary/aromatic N) is 2. The van der Waals surface area contributed by atoms with Gasteiger partial charge in [-0.3, -0.25) is 4.99 Å². The topological polar surface area (TPSA) is 16.7 Å². The molecule has 0 aliphatic carbocycles. The quantitative estimate of drug-likeness (QED) is 0.482. The molecule has 27 heavy (non-hydrogen) atoms. The van der Waals surface area contributed by atoms with Crippen LogP contribution in [-0.2, 0) is 0 Å². The number of halogens is 1. The highest BCUT2D eigenvalue weighted by Gasteiger charge is 2.21. The fourth-order valence-corrected chi connectivity index (χ4v) is 3.23. The van der Waals surface area contributed by atoms with Crippen molar-refractivity contribution in [1.82, 2.24) is 0 Å². The van der Waals surface area contributed by atoms with E-state index in [1.165, 1.54) is 17.7 Å². The van der Waals surface area contributed by atoms with Crippen LogP contribution in [-0.4, -0.2) is 5.71 Å². The third-order valence-electron chi connectivity index (χ3n) is 4.72. The number of hydrogen-bond acceptors (Lipinski definition) is 1. The molecular weight excluding hydrogens is 335 g/mol. The van der Waals surface area contributed by atoms with Crippen LogP contribution in [0.25, 0.3) is 16.1 Å². The maximum atomic E-state index is 13.4. The van der Waals surface area contributed by atoms with Crippen molar-refractivity contribution in [3.63, 3.8) is 0 Å². The number of aryl methyl sites for hydroxylation is 1. The van der Waals surface area contributed by atoms with Gasteiger partial charge in [0.1, 0.15) is 5.82 Å². The van der Waals surface area contributed by atoms with Gasteiger partial charge < -0.3 is 0 Å². The predicted octanol–water partition coefficient (Wildman–Crippen LogP) is 6.45. The highest BCUT2D eigenvalue weighted by molar-refractivity contribution is 6.16. The molecule has 0 N–H and O–H groups in total. The van der Waals surface area contributed by atoms with E-state index in [0.717, 1.165) is 33.7 Å². The van der Waals surface area contributed by atoms with E-state index in [4.69, 9.17) is 11.6 Å². The van der Waals surface area contributed by atoms with E-state index in [9.17, 15) is 4.39 Å². The van der Waals surface area contributed by atoms with Crippen LogP contribution in [0.5, 0.6) is 0 Å². The highest BCUT2D eigenvalue weighted by Crippen LogP contribution is 2.37. The molecule has 0 unspecified atom stereocenters. The Morgan fingerprint density at radius 1 is 0.815 bits per heavy atom. The molecule has 0 atom stereocenters. The van der Waals surface area contributed by atoms with E-state index in [1.54, 1.807) is 12.1 Å². The lowest BCUT2D eigenvalue weighted by molar-refractivity contribution is 0.627. The standard InChI is InChI=1S/C24H17FN2/c1-16-3-5-18(6-4-16)23-15-22(17-9-13-21(26-2)14-10-17)24(27-23)19-7-11-20(25)12-8-19/h3-14H,15H2,1H3. The van der Waals surface area contributed by atoms with E-state index < -0.39 is 0 Å². The number of benzene rings is 3. The third-order valence-corrected chi connectivity index (χ3v) is 4.72. The number of rotatable bonds is 3. The molecule has 0 saturated carbocycles. The largest absolute Gasteiger partial charge is 0.252 e. The summed E-state index contributed by atoms with van der Waals surface area (Å²) in [5, 5.41) is 0. The lowest BCUT2D eigenvalue weighted by Crippen LogP contribution is -1.97. The van der Waals surface area contributed by atoms with E-state index in [1.807, 2.05) is 24.3 Å². The van der Waals surface area contributed by atoms with Gasteiger partial charge in [0.05, 0.1) is 18.0 Å². The van der Waals surface area contributed by atoms with E-state index in [-0.39, 0.29) is 5.82 Å². The molecule has 1 heterocycles. The lowest BCUT2D eigenvalue weighted by Gasteiger charge is -2.07. The average molecular weight is 352 g/mol. The maximum absolute atomic E-state index is 13.4. The molecule has 0 spiro atoms. The first-order valence-corrected chi connectivity index (χ1v) is 8.75. The number of allylic oxidation sites excluding steroid dienone is 1. The Morgan fingerprint density at radius 2 is 1.41 bits per heavy atom. The fourth-order valence-electron chi connectivity index (χ4n) is 3.23. The molecule has 3 heteroatoms. The van der Waals surface area contributed by atoms with Crippen LogP contribution in [0.2, 0.25) is 0 Å². The van der Waals surface area contributed by atoms with Crippen molar-refractivity contribution >= 4 is 22.7 Å². The summed E-state index contributed by atoms with van der Waals surface area (Å²) in [6.45, 7) is 9.20. The first-order valence-electron chi connectivity index (χ1n) is 8.75. The van der Waals surface area contributed by atoms with Crippen molar-refractivity contribution in [2.45, 2.75) is 13.3 Å². The Hall–Kier alpha value is -3.51. The lowest BCUT2D eigenvalue weighted by atomic mass is 9.95. The minimum atomic E-state index is -0.261. The zero-order valence-corrected chi connectivity index (χ0v) is 14.9. The summed E-state index contributed by atoms with van der Waals surface area (Å²) in [7, 11) is 0. The van der Waals surface area contributed by atoms with E-state index in [2.05, 4.69) is 36.0 Å². The smallest absolute Gasteiger partial charge is 0.187 e. The van der Waals surface area contributed by atoms with E-state index >= 15 is 0 Å². The van der Waals surface area contributed by atoms with E-state index in [0.29, 0.717) is 12.1 Å². The molecule has 0 saturated heterocycles. The Morgan fingerprint density at radius 3 is 2.04 bits per heavy atom. The van der Waals surface area contributed by atoms with Gasteiger partial charge in [-0.15, -0.1) is 0 Å². The molecule has 3 aromatic carbocycles. The molecule has 0 radical (unpaired) electrons. The van der Waals surface area contributed by atoms with Crippen LogP contribution in [0.15, 0.2) is 77.8 Å². The van der Waals surface area contributed by atoms with Gasteiger partial charge in [-0.1, -0.05) is 54.1 Å². The normalized spacial score (nSPS) is 13.4. The van der Waals surface area contributed by atoms with Gasteiger partial charge in [-0.2, -0.15) is 0 Å². The maximum Gasteiger partial charge on any atom is 0.187 e. The number of hydrogen-bond donors (Lipinski definition) is 0. The molecule has 0 aromatic heterocycles. The van der Waals surface area contributed by atoms with Gasteiger partial charge in [-0.25, -0.2) is 9.24 Å². The summed E-state index contributed by atoms with van der Waals surface area (Å²) in [4.78, 5) is 8.36. The van der Waals surface area contributed by atoms with Gasteiger partial charge in [0.25, 0.3) is 0 Å². The molecular formula is C24H17FN2. The Kier molecular flexibility index (Phi) is 4.40. The Labute approximate surface area is 158 Å². The molecule has 0 fully saturated rings. The first-order chi connectivity index (χ1) is 13.1. The van der Waals surface area contributed by atoms with Crippen LogP contribution in [0, 0.1) is 19.3 Å². The zero-order valence-electron chi connectivity index (χ0n) is 14.9. The molecule has 1 aliphatic heterocycles. The number of aliphatic imine (C=N–C) groups is 1. The third kappa shape index (κ3) is 3.43. The molecule has 4 rings (SSSR count). The van der Waals surface area contributed by atoms with Gasteiger partial charge in [0.2, 0.25) is 0 Å². The predicted molar refractivity (Wildman–Crippen MR) is 108 cm³/mol. The summed E-state index contributed by atoms with van der Waals surface area (Å²) in [5.74, 6) is -0.261. The molecule has 130 valence electrons. The summed E-state index contributed by atoms with van der Waals surface area (Å²) >= 11 is 0. The second-order valence-corrected chi connectivity index (χ2v) is 6.59. The van der Waals surface area contributed by atoms with Crippen molar-refractivity contribution in [3.05, 3.63) is 112 Å². The Balaban J connectivity index is 1.79. The average Bonchev–Trinajstić information content (AvgIpc) is 3.14. The zero-order chi connectivity index (χ0) is 18.8. The van der Waals surface area contributed by atoms with Crippen LogP contribution in [0.4, 0.5) is 10.1 Å². The minimum Gasteiger partial charge on any atom is -0.252 e. The monoisotopic (exact) mass is 352 g/mol. The summed E-state index contributed by atoms with van der Waals surface area (Å²) in [6, 6.07) is 22.3. The van der Waals surface area contributed by atoms with Crippen molar-refractivity contribution in [1.29, 1.82) is 0 Å². The van der Waals surface area contributed by atoms with Crippen LogP contribution in [0.3, 0.4) is 0 Å². The molecule has 0 amide bonds. The van der Waals surface area contributed by atoms with Crippen molar-refractivity contribution in [3.8, 4) is 0 Å². The first kappa shape index (κ1) is 16.9. The minimum absolute atomic E-state index is 0.261. The molecule has 0 bridgehead atoms. The van der Waals surface area contributed by atoms with Gasteiger partial charge in [0, 0.05) is 12.0 Å². The van der Waals surface area contributed by atoms with Crippen LogP contribution < -0.4 is 0 Å². The second-order valence-electron chi connectivity index (χ2n) is 6.59. The summed E-state index contributed by atoms with van der Waals surface area (Å²) in [6.07, 6.45) is 0.702. The Bertz CT molecular complexity index is 1080. The molecule has 2 nitrogen and oxygen atoms in total. The molecule has 3 aromatic rings. The molecule has 1 aliphatic rings. The second kappa shape index (κ2) is 7.01. The van der Waals surface area contributed by atoms with Crippen LogP contribution >= 0.6 is 0 Å². The van der Waals surface area contributed by atoms with Gasteiger partial charge in [0.15, 0.2) is 5.69 Å². The fraction of sp³-hybridized carbons (Fsp3) is 0.0833. The van der Waals surface area contributed by atoms with Crippen molar-refractivity contribution < 1.29 is 4.39 Å². The SMILES string of the molecule is [C-]#[N+]c1ccc(C2=C(c3ccc(F)cc3)N=C(c3ccc(C)cc3)C2)cc1. The van der Waals surface area contributed by atoms with Crippen LogP contribution in [0.1, 0.15) is 28.7 Å². The summed E-state index contributed by atoms with van der Waals surface area (Å²) in [5.41, 5.74) is 7.79. The highest BCUT2D eigenvalue weighted by atomic mass is 19.1. The van der Waals surface area contributed by atoms with Gasteiger partial charge in [-0.05, 0) is 47.9 Å².